The minimum Gasteiger partial charge on any atom is -1.00 e. The van der Waals surface area contributed by atoms with E-state index >= 15 is 0 Å². The van der Waals surface area contributed by atoms with Gasteiger partial charge in [-0.1, -0.05) is 0 Å². The van der Waals surface area contributed by atoms with Crippen molar-refractivity contribution in [2.45, 2.75) is 13.5 Å². The molecule has 3 heteroatoms. The summed E-state index contributed by atoms with van der Waals surface area (Å²) in [6, 6.07) is 10.8. The average molecular weight is 239 g/mol. The van der Waals surface area contributed by atoms with Crippen molar-refractivity contribution in [3.05, 3.63) is 35.9 Å². The van der Waals surface area contributed by atoms with Gasteiger partial charge in [-0.3, -0.25) is 0 Å². The van der Waals surface area contributed by atoms with E-state index in [2.05, 4.69) is 6.07 Å². The van der Waals surface area contributed by atoms with E-state index in [9.17, 15) is 0 Å². The molecule has 0 unspecified atom stereocenters. The van der Waals surface area contributed by atoms with Crippen molar-refractivity contribution in [2.75, 3.05) is 6.61 Å². The summed E-state index contributed by atoms with van der Waals surface area (Å²) in [4.78, 5) is 0. The molecular weight excluding hydrogens is 228 g/mol. The van der Waals surface area contributed by atoms with Crippen molar-refractivity contribution >= 4 is 23.1 Å². The summed E-state index contributed by atoms with van der Waals surface area (Å²) in [5, 5.41) is 0. The zero-order chi connectivity index (χ0) is 7.23. The third-order valence-corrected chi connectivity index (χ3v) is 1.26. The normalized spacial score (nSPS) is 8.08. The summed E-state index contributed by atoms with van der Waals surface area (Å²) in [5.74, 6) is 0. The van der Waals surface area contributed by atoms with Crippen LogP contribution < -0.4 is 17.0 Å². The van der Waals surface area contributed by atoms with Gasteiger partial charge in [0.25, 0.3) is 0 Å². The minimum absolute atomic E-state index is 0. The fraction of sp³-hybridized carbons (Fsp3) is 0.333. The number of benzene rings is 1. The van der Waals surface area contributed by atoms with Gasteiger partial charge in [0.05, 0.1) is 0 Å². The van der Waals surface area contributed by atoms with E-state index in [0.29, 0.717) is 6.61 Å². The second kappa shape index (κ2) is 9.51. The molecule has 0 spiro atoms. The van der Waals surface area contributed by atoms with Crippen LogP contribution in [0.5, 0.6) is 0 Å². The van der Waals surface area contributed by atoms with E-state index in [0.717, 1.165) is 6.61 Å². The van der Waals surface area contributed by atoms with Crippen molar-refractivity contribution in [2.24, 2.45) is 0 Å². The van der Waals surface area contributed by atoms with Crippen LogP contribution in [-0.4, -0.2) is 29.7 Å². The number of ether oxygens (including phenoxy) is 1. The molecule has 1 aromatic carbocycles. The van der Waals surface area contributed by atoms with Crippen LogP contribution in [-0.2, 0) is 11.3 Å². The molecule has 0 bridgehead atoms. The first-order valence-electron chi connectivity index (χ1n) is 3.46. The molecule has 0 saturated heterocycles. The molecule has 0 radical (unpaired) electrons. The van der Waals surface area contributed by atoms with Crippen LogP contribution in [0.3, 0.4) is 0 Å². The van der Waals surface area contributed by atoms with Gasteiger partial charge in [-0.25, -0.2) is 0 Å². The minimum atomic E-state index is 0. The molecule has 12 heavy (non-hydrogen) atoms. The van der Waals surface area contributed by atoms with Crippen LogP contribution in [0.25, 0.3) is 0 Å². The molecule has 0 aromatic heterocycles. The van der Waals surface area contributed by atoms with E-state index in [4.69, 9.17) is 4.74 Å². The molecule has 0 fully saturated rings. The number of rotatable bonds is 3. The molecule has 0 N–H and O–H groups in total. The summed E-state index contributed by atoms with van der Waals surface area (Å²) in [6.07, 6.45) is 0. The molecule has 0 aliphatic heterocycles. The summed E-state index contributed by atoms with van der Waals surface area (Å²) in [7, 11) is 0. The van der Waals surface area contributed by atoms with E-state index in [1.807, 2.05) is 31.2 Å². The zero-order valence-electron chi connectivity index (χ0n) is 7.22. The Bertz CT molecular complexity index is 179. The molecular formula is C9H11BrMgO. The van der Waals surface area contributed by atoms with Gasteiger partial charge in [0, 0.05) is 13.2 Å². The van der Waals surface area contributed by atoms with Crippen molar-refractivity contribution < 1.29 is 21.7 Å². The van der Waals surface area contributed by atoms with E-state index in [1.54, 1.807) is 0 Å². The van der Waals surface area contributed by atoms with Gasteiger partial charge < -0.3 is 21.7 Å². The Labute approximate surface area is 100 Å². The quantitative estimate of drug-likeness (QED) is 0.468. The molecule has 0 aliphatic carbocycles. The van der Waals surface area contributed by atoms with Gasteiger partial charge in [0.2, 0.25) is 0 Å². The smallest absolute Gasteiger partial charge is 1.00 e. The fourth-order valence-electron chi connectivity index (χ4n) is 0.738. The van der Waals surface area contributed by atoms with Gasteiger partial charge in [-0.2, -0.15) is 30.3 Å². The maximum absolute atomic E-state index is 5.21. The van der Waals surface area contributed by atoms with Crippen molar-refractivity contribution in [3.8, 4) is 0 Å². The van der Waals surface area contributed by atoms with E-state index in [1.165, 1.54) is 5.56 Å². The second-order valence-corrected chi connectivity index (χ2v) is 2.05. The van der Waals surface area contributed by atoms with Crippen molar-refractivity contribution in [1.82, 2.24) is 0 Å². The van der Waals surface area contributed by atoms with Gasteiger partial charge in [0.15, 0.2) is 0 Å². The molecule has 0 saturated carbocycles. The Balaban J connectivity index is 0. The van der Waals surface area contributed by atoms with Crippen LogP contribution in [0.4, 0.5) is 0 Å². The van der Waals surface area contributed by atoms with E-state index in [-0.39, 0.29) is 40.0 Å². The Kier molecular flexibility index (Phi) is 11.8. The Hall–Kier alpha value is 0.426. The van der Waals surface area contributed by atoms with Crippen LogP contribution >= 0.6 is 0 Å². The predicted molar refractivity (Wildman–Crippen MR) is 46.4 cm³/mol. The summed E-state index contributed by atoms with van der Waals surface area (Å²) < 4.78 is 5.21. The summed E-state index contributed by atoms with van der Waals surface area (Å²) >= 11 is 0. The van der Waals surface area contributed by atoms with Crippen molar-refractivity contribution in [1.29, 1.82) is 0 Å². The van der Waals surface area contributed by atoms with Crippen LogP contribution in [0.1, 0.15) is 12.5 Å². The Morgan fingerprint density at radius 2 is 1.92 bits per heavy atom. The monoisotopic (exact) mass is 238 g/mol. The topological polar surface area (TPSA) is 9.23 Å². The Morgan fingerprint density at radius 1 is 1.33 bits per heavy atom. The van der Waals surface area contributed by atoms with Crippen LogP contribution in [0.2, 0.25) is 0 Å². The number of hydrogen-bond acceptors (Lipinski definition) is 1. The molecule has 0 amide bonds. The largest absolute Gasteiger partial charge is 2.00 e. The molecule has 1 aromatic rings. The first-order chi connectivity index (χ1) is 4.93. The summed E-state index contributed by atoms with van der Waals surface area (Å²) in [5.41, 5.74) is 1.21. The van der Waals surface area contributed by atoms with Crippen LogP contribution in [0.15, 0.2) is 24.3 Å². The average Bonchev–Trinajstić information content (AvgIpc) is 2.03. The van der Waals surface area contributed by atoms with E-state index < -0.39 is 0 Å². The molecule has 1 nitrogen and oxygen atoms in total. The maximum Gasteiger partial charge on any atom is 2.00 e. The van der Waals surface area contributed by atoms with Gasteiger partial charge >= 0.3 is 23.1 Å². The van der Waals surface area contributed by atoms with Gasteiger partial charge in [-0.05, 0) is 6.92 Å². The molecule has 0 aliphatic rings. The molecule has 62 valence electrons. The third kappa shape index (κ3) is 6.00. The Morgan fingerprint density at radius 3 is 2.42 bits per heavy atom. The zero-order valence-corrected chi connectivity index (χ0v) is 10.2. The third-order valence-electron chi connectivity index (χ3n) is 1.26. The predicted octanol–water partition coefficient (Wildman–Crippen LogP) is -1.35. The molecule has 1 rings (SSSR count). The van der Waals surface area contributed by atoms with Crippen molar-refractivity contribution in [3.63, 3.8) is 0 Å². The first-order valence-corrected chi connectivity index (χ1v) is 3.46. The number of hydrogen-bond donors (Lipinski definition) is 0. The SMILES string of the molecule is CCOCc1cc[c-]cc1.[Br-].[Mg+2]. The fourth-order valence-corrected chi connectivity index (χ4v) is 0.738. The summed E-state index contributed by atoms with van der Waals surface area (Å²) in [6.45, 7) is 3.48. The maximum atomic E-state index is 5.21. The standard InChI is InChI=1S/C9H11O.BrH.Mg/c1-2-10-8-9-6-4-3-5-7-9;;/h4-7H,2,8H2,1H3;1H;/q-1;;+2/p-1. The van der Waals surface area contributed by atoms with Gasteiger partial charge in [0.1, 0.15) is 0 Å². The second-order valence-electron chi connectivity index (χ2n) is 2.05. The van der Waals surface area contributed by atoms with Gasteiger partial charge in [-0.15, -0.1) is 5.56 Å². The molecule has 0 atom stereocenters. The number of halogens is 1. The van der Waals surface area contributed by atoms with Crippen LogP contribution in [0, 0.1) is 6.07 Å². The first kappa shape index (κ1) is 14.9. The molecule has 0 heterocycles.